The molecule has 2 aromatic carbocycles. The highest BCUT2D eigenvalue weighted by molar-refractivity contribution is 6.31. The van der Waals surface area contributed by atoms with Gasteiger partial charge in [0.2, 0.25) is 0 Å². The second-order valence-electron chi connectivity index (χ2n) is 4.58. The second-order valence-corrected chi connectivity index (χ2v) is 5.43. The van der Waals surface area contributed by atoms with Gasteiger partial charge in [-0.25, -0.2) is 9.36 Å². The van der Waals surface area contributed by atoms with Gasteiger partial charge in [-0.05, 0) is 42.8 Å². The number of halogens is 2. The monoisotopic (exact) mass is 321 g/mol. The molecule has 106 valence electrons. The topological polar surface area (TPSA) is 52.2 Å². The summed E-state index contributed by atoms with van der Waals surface area (Å²) in [4.78, 5) is 24.6. The molecule has 0 bridgehead atoms. The lowest BCUT2D eigenvalue weighted by Gasteiger charge is -2.07. The van der Waals surface area contributed by atoms with Crippen LogP contribution in [-0.4, -0.2) is 4.57 Å². The lowest BCUT2D eigenvalue weighted by molar-refractivity contribution is 0.504. The molecule has 0 atom stereocenters. The number of hydrogen-bond acceptors (Lipinski definition) is 3. The van der Waals surface area contributed by atoms with Crippen LogP contribution in [0.5, 0.6) is 0 Å². The van der Waals surface area contributed by atoms with E-state index in [0.29, 0.717) is 15.7 Å². The van der Waals surface area contributed by atoms with Crippen molar-refractivity contribution in [3.63, 3.8) is 0 Å². The third-order valence-electron chi connectivity index (χ3n) is 3.17. The number of aromatic nitrogens is 1. The van der Waals surface area contributed by atoms with E-state index in [1.165, 1.54) is 12.1 Å². The summed E-state index contributed by atoms with van der Waals surface area (Å²) < 4.78 is 6.09. The van der Waals surface area contributed by atoms with E-state index in [0.717, 1.165) is 10.1 Å². The molecule has 0 aliphatic rings. The summed E-state index contributed by atoms with van der Waals surface area (Å²) in [5.41, 5.74) is 0.903. The quantitative estimate of drug-likeness (QED) is 0.688. The van der Waals surface area contributed by atoms with Crippen molar-refractivity contribution >= 4 is 34.2 Å². The molecule has 0 fully saturated rings. The Bertz CT molecular complexity index is 973. The zero-order chi connectivity index (χ0) is 15.1. The first-order chi connectivity index (χ1) is 9.97. The molecule has 3 aromatic rings. The molecule has 1 heterocycles. The SMILES string of the molecule is Cc1ccc(-n2c(=O)oc3ccc(Cl)cc3c2=O)cc1Cl. The van der Waals surface area contributed by atoms with E-state index in [-0.39, 0.29) is 11.0 Å². The first kappa shape index (κ1) is 13.9. The fourth-order valence-corrected chi connectivity index (χ4v) is 2.39. The average Bonchev–Trinajstić information content (AvgIpc) is 2.44. The van der Waals surface area contributed by atoms with Crippen LogP contribution < -0.4 is 11.3 Å². The molecule has 0 saturated carbocycles. The third kappa shape index (κ3) is 2.37. The first-order valence-corrected chi connectivity index (χ1v) is 6.85. The number of aryl methyl sites for hydroxylation is 1. The summed E-state index contributed by atoms with van der Waals surface area (Å²) in [7, 11) is 0. The highest BCUT2D eigenvalue weighted by Crippen LogP contribution is 2.19. The zero-order valence-electron chi connectivity index (χ0n) is 10.9. The van der Waals surface area contributed by atoms with E-state index in [1.807, 2.05) is 6.92 Å². The summed E-state index contributed by atoms with van der Waals surface area (Å²) in [6.07, 6.45) is 0. The highest BCUT2D eigenvalue weighted by Gasteiger charge is 2.12. The van der Waals surface area contributed by atoms with Crippen LogP contribution in [-0.2, 0) is 0 Å². The number of rotatable bonds is 1. The third-order valence-corrected chi connectivity index (χ3v) is 3.81. The minimum atomic E-state index is -0.769. The molecule has 0 radical (unpaired) electrons. The lowest BCUT2D eigenvalue weighted by atomic mass is 10.2. The van der Waals surface area contributed by atoms with Crippen LogP contribution in [0.4, 0.5) is 0 Å². The average molecular weight is 322 g/mol. The second kappa shape index (κ2) is 5.06. The Hall–Kier alpha value is -2.04. The van der Waals surface area contributed by atoms with Gasteiger partial charge in [-0.2, -0.15) is 0 Å². The van der Waals surface area contributed by atoms with E-state index in [9.17, 15) is 9.59 Å². The van der Waals surface area contributed by atoms with Crippen LogP contribution in [0.15, 0.2) is 50.4 Å². The first-order valence-electron chi connectivity index (χ1n) is 6.09. The van der Waals surface area contributed by atoms with Gasteiger partial charge >= 0.3 is 5.76 Å². The van der Waals surface area contributed by atoms with E-state index in [2.05, 4.69) is 0 Å². The number of hydrogen-bond donors (Lipinski definition) is 0. The van der Waals surface area contributed by atoms with Crippen molar-refractivity contribution in [2.45, 2.75) is 6.92 Å². The Morgan fingerprint density at radius 1 is 1.05 bits per heavy atom. The standard InChI is InChI=1S/C15H9Cl2NO3/c1-8-2-4-10(7-12(8)17)18-14(19)11-6-9(16)3-5-13(11)21-15(18)20/h2-7H,1H3. The van der Waals surface area contributed by atoms with Gasteiger partial charge in [0.1, 0.15) is 5.58 Å². The van der Waals surface area contributed by atoms with Crippen molar-refractivity contribution in [1.82, 2.24) is 4.57 Å². The van der Waals surface area contributed by atoms with Crippen LogP contribution in [0.3, 0.4) is 0 Å². The van der Waals surface area contributed by atoms with E-state index in [1.54, 1.807) is 24.3 Å². The zero-order valence-corrected chi connectivity index (χ0v) is 12.4. The van der Waals surface area contributed by atoms with Crippen LogP contribution >= 0.6 is 23.2 Å². The maximum atomic E-state index is 12.5. The fourth-order valence-electron chi connectivity index (χ4n) is 2.04. The Labute approximate surface area is 129 Å². The fraction of sp³-hybridized carbons (Fsp3) is 0.0667. The largest absolute Gasteiger partial charge is 0.426 e. The van der Waals surface area contributed by atoms with Gasteiger partial charge in [0.05, 0.1) is 11.1 Å². The summed E-state index contributed by atoms with van der Waals surface area (Å²) >= 11 is 11.9. The molecule has 6 heteroatoms. The van der Waals surface area contributed by atoms with Crippen molar-refractivity contribution in [2.75, 3.05) is 0 Å². The molecular formula is C15H9Cl2NO3. The molecular weight excluding hydrogens is 313 g/mol. The summed E-state index contributed by atoms with van der Waals surface area (Å²) in [5.74, 6) is -0.769. The molecule has 3 rings (SSSR count). The van der Waals surface area contributed by atoms with E-state index >= 15 is 0 Å². The molecule has 21 heavy (non-hydrogen) atoms. The molecule has 0 spiro atoms. The summed E-state index contributed by atoms with van der Waals surface area (Å²) in [6.45, 7) is 1.83. The molecule has 0 aliphatic heterocycles. The number of nitrogens with zero attached hydrogens (tertiary/aromatic N) is 1. The maximum absolute atomic E-state index is 12.5. The van der Waals surface area contributed by atoms with Crippen molar-refractivity contribution in [1.29, 1.82) is 0 Å². The molecule has 0 amide bonds. The summed E-state index contributed by atoms with van der Waals surface area (Å²) in [5, 5.41) is 1.09. The molecule has 0 N–H and O–H groups in total. The molecule has 0 unspecified atom stereocenters. The number of fused-ring (bicyclic) bond motifs is 1. The van der Waals surface area contributed by atoms with Crippen molar-refractivity contribution in [3.05, 3.63) is 72.9 Å². The number of benzene rings is 2. The molecule has 0 saturated heterocycles. The van der Waals surface area contributed by atoms with Gasteiger partial charge in [-0.1, -0.05) is 29.3 Å². The smallest absolute Gasteiger partial charge is 0.409 e. The van der Waals surface area contributed by atoms with Gasteiger partial charge < -0.3 is 4.42 Å². The normalized spacial score (nSPS) is 11.0. The predicted octanol–water partition coefficient (Wildman–Crippen LogP) is 3.56. The molecule has 0 aliphatic carbocycles. The Morgan fingerprint density at radius 2 is 1.81 bits per heavy atom. The predicted molar refractivity (Wildman–Crippen MR) is 82.8 cm³/mol. The van der Waals surface area contributed by atoms with Gasteiger partial charge in [0.15, 0.2) is 0 Å². The summed E-state index contributed by atoms with van der Waals surface area (Å²) in [6, 6.07) is 9.42. The lowest BCUT2D eigenvalue weighted by Crippen LogP contribution is -2.30. The van der Waals surface area contributed by atoms with Gasteiger partial charge in [-0.3, -0.25) is 4.79 Å². The van der Waals surface area contributed by atoms with Crippen LogP contribution in [0.25, 0.3) is 16.7 Å². The van der Waals surface area contributed by atoms with E-state index < -0.39 is 11.3 Å². The minimum absolute atomic E-state index is 0.198. The van der Waals surface area contributed by atoms with Gasteiger partial charge in [0.25, 0.3) is 5.56 Å². The van der Waals surface area contributed by atoms with Crippen LogP contribution in [0, 0.1) is 6.92 Å². The Morgan fingerprint density at radius 3 is 2.52 bits per heavy atom. The minimum Gasteiger partial charge on any atom is -0.409 e. The molecule has 4 nitrogen and oxygen atoms in total. The van der Waals surface area contributed by atoms with Gasteiger partial charge in [-0.15, -0.1) is 0 Å². The highest BCUT2D eigenvalue weighted by atomic mass is 35.5. The maximum Gasteiger partial charge on any atom is 0.426 e. The molecule has 1 aromatic heterocycles. The Balaban J connectivity index is 2.39. The van der Waals surface area contributed by atoms with Gasteiger partial charge in [0, 0.05) is 10.0 Å². The van der Waals surface area contributed by atoms with Crippen LogP contribution in [0.2, 0.25) is 10.0 Å². The Kier molecular flexibility index (Phi) is 3.35. The van der Waals surface area contributed by atoms with Crippen molar-refractivity contribution < 1.29 is 4.42 Å². The van der Waals surface area contributed by atoms with Crippen molar-refractivity contribution in [2.24, 2.45) is 0 Å². The van der Waals surface area contributed by atoms with Crippen molar-refractivity contribution in [3.8, 4) is 5.69 Å². The van der Waals surface area contributed by atoms with Crippen LogP contribution in [0.1, 0.15) is 5.56 Å². The van der Waals surface area contributed by atoms with E-state index in [4.69, 9.17) is 27.6 Å².